The number of hydrogen-bond acceptors (Lipinski definition) is 3. The largest absolute Gasteiger partial charge is 0.481 e. The fourth-order valence-corrected chi connectivity index (χ4v) is 3.58. The molecule has 110 valence electrons. The number of aliphatic carboxylic acids is 1. The van der Waals surface area contributed by atoms with Crippen molar-refractivity contribution in [2.75, 3.05) is 20.2 Å². The Morgan fingerprint density at radius 2 is 1.79 bits per heavy atom. The summed E-state index contributed by atoms with van der Waals surface area (Å²) in [5.41, 5.74) is 0. The number of carboxylic acid groups (broad SMARTS) is 1. The minimum absolute atomic E-state index is 0.337. The van der Waals surface area contributed by atoms with Gasteiger partial charge in [0.1, 0.15) is 0 Å². The first-order valence-corrected chi connectivity index (χ1v) is 7.67. The molecule has 2 rings (SSSR count). The molecule has 0 radical (unpaired) electrons. The van der Waals surface area contributed by atoms with Crippen LogP contribution in [0.3, 0.4) is 0 Å². The van der Waals surface area contributed by atoms with Crippen LogP contribution in [0.1, 0.15) is 51.4 Å². The zero-order valence-electron chi connectivity index (χ0n) is 12.0. The highest BCUT2D eigenvalue weighted by Gasteiger charge is 2.28. The van der Waals surface area contributed by atoms with Crippen LogP contribution >= 0.6 is 0 Å². The monoisotopic (exact) mass is 269 g/mol. The van der Waals surface area contributed by atoms with Gasteiger partial charge in [0.2, 0.25) is 0 Å². The zero-order valence-corrected chi connectivity index (χ0v) is 12.0. The topological polar surface area (TPSA) is 49.8 Å². The lowest BCUT2D eigenvalue weighted by atomic mass is 9.87. The lowest BCUT2D eigenvalue weighted by Crippen LogP contribution is -2.44. The lowest BCUT2D eigenvalue weighted by Gasteiger charge is -2.40. The van der Waals surface area contributed by atoms with Crippen molar-refractivity contribution in [3.05, 3.63) is 0 Å². The van der Waals surface area contributed by atoms with Gasteiger partial charge in [0.15, 0.2) is 0 Å². The van der Waals surface area contributed by atoms with Gasteiger partial charge in [-0.3, -0.25) is 4.79 Å². The van der Waals surface area contributed by atoms with Crippen molar-refractivity contribution in [1.82, 2.24) is 4.90 Å². The number of ether oxygens (including phenoxy) is 1. The van der Waals surface area contributed by atoms with E-state index in [4.69, 9.17) is 9.84 Å². The van der Waals surface area contributed by atoms with Crippen molar-refractivity contribution in [3.8, 4) is 0 Å². The predicted octanol–water partition coefficient (Wildman–Crippen LogP) is 2.52. The van der Waals surface area contributed by atoms with E-state index in [-0.39, 0.29) is 0 Å². The Balaban J connectivity index is 1.67. The van der Waals surface area contributed by atoms with Crippen LogP contribution in [0, 0.1) is 5.92 Å². The summed E-state index contributed by atoms with van der Waals surface area (Å²) < 4.78 is 5.42. The third kappa shape index (κ3) is 4.46. The average Bonchev–Trinajstić information content (AvgIpc) is 2.46. The molecule has 1 saturated carbocycles. The standard InChI is InChI=1S/C15H27NO3/c1-19-14-5-3-13(4-6-14)16-10-8-12(9-11-16)2-7-15(17)18/h12-14H,2-11H2,1H3,(H,17,18). The van der Waals surface area contributed by atoms with Crippen molar-refractivity contribution in [2.24, 2.45) is 5.92 Å². The van der Waals surface area contributed by atoms with Gasteiger partial charge < -0.3 is 14.7 Å². The normalized spacial score (nSPS) is 30.4. The van der Waals surface area contributed by atoms with Gasteiger partial charge in [-0.2, -0.15) is 0 Å². The Hall–Kier alpha value is -0.610. The number of likely N-dealkylation sites (tertiary alicyclic amines) is 1. The maximum atomic E-state index is 10.6. The van der Waals surface area contributed by atoms with E-state index in [9.17, 15) is 4.79 Å². The molecule has 4 nitrogen and oxygen atoms in total. The highest BCUT2D eigenvalue weighted by Crippen LogP contribution is 2.29. The van der Waals surface area contributed by atoms with E-state index in [1.807, 2.05) is 7.11 Å². The zero-order chi connectivity index (χ0) is 13.7. The highest BCUT2D eigenvalue weighted by atomic mass is 16.5. The van der Waals surface area contributed by atoms with E-state index in [1.54, 1.807) is 0 Å². The van der Waals surface area contributed by atoms with Crippen LogP contribution in [0.2, 0.25) is 0 Å². The SMILES string of the molecule is COC1CCC(N2CCC(CCC(=O)O)CC2)CC1. The number of carboxylic acids is 1. The number of rotatable bonds is 5. The molecule has 1 saturated heterocycles. The smallest absolute Gasteiger partial charge is 0.303 e. The number of piperidine rings is 1. The summed E-state index contributed by atoms with van der Waals surface area (Å²) in [6.45, 7) is 2.32. The van der Waals surface area contributed by atoms with E-state index >= 15 is 0 Å². The average molecular weight is 269 g/mol. The van der Waals surface area contributed by atoms with Crippen molar-refractivity contribution in [3.63, 3.8) is 0 Å². The van der Waals surface area contributed by atoms with Gasteiger partial charge >= 0.3 is 5.97 Å². The van der Waals surface area contributed by atoms with Crippen molar-refractivity contribution >= 4 is 5.97 Å². The van der Waals surface area contributed by atoms with E-state index in [2.05, 4.69) is 4.90 Å². The van der Waals surface area contributed by atoms with Crippen LogP contribution < -0.4 is 0 Å². The third-order valence-electron chi connectivity index (χ3n) is 4.91. The minimum atomic E-state index is -0.652. The van der Waals surface area contributed by atoms with Crippen LogP contribution in [0.4, 0.5) is 0 Å². The van der Waals surface area contributed by atoms with Crippen molar-refractivity contribution in [2.45, 2.75) is 63.5 Å². The van der Waals surface area contributed by atoms with Gasteiger partial charge in [-0.1, -0.05) is 0 Å². The first-order chi connectivity index (χ1) is 9.19. The number of methoxy groups -OCH3 is 1. The van der Waals surface area contributed by atoms with Gasteiger partial charge in [0, 0.05) is 19.6 Å². The lowest BCUT2D eigenvalue weighted by molar-refractivity contribution is -0.137. The van der Waals surface area contributed by atoms with Crippen LogP contribution in [0.25, 0.3) is 0 Å². The fraction of sp³-hybridized carbons (Fsp3) is 0.933. The molecule has 2 fully saturated rings. The van der Waals surface area contributed by atoms with Crippen LogP contribution in [-0.4, -0.2) is 48.3 Å². The maximum Gasteiger partial charge on any atom is 0.303 e. The maximum absolute atomic E-state index is 10.6. The van der Waals surface area contributed by atoms with Crippen molar-refractivity contribution in [1.29, 1.82) is 0 Å². The highest BCUT2D eigenvalue weighted by molar-refractivity contribution is 5.66. The Morgan fingerprint density at radius 1 is 1.16 bits per heavy atom. The van der Waals surface area contributed by atoms with Crippen LogP contribution in [0.15, 0.2) is 0 Å². The molecule has 1 aliphatic heterocycles. The molecule has 0 aromatic heterocycles. The van der Waals surface area contributed by atoms with Crippen LogP contribution in [-0.2, 0) is 9.53 Å². The van der Waals surface area contributed by atoms with Crippen LogP contribution in [0.5, 0.6) is 0 Å². The summed E-state index contributed by atoms with van der Waals surface area (Å²) >= 11 is 0. The Kier molecular flexibility index (Phi) is 5.64. The number of carbonyl (C=O) groups is 1. The molecule has 0 atom stereocenters. The molecule has 0 spiro atoms. The fourth-order valence-electron chi connectivity index (χ4n) is 3.58. The summed E-state index contributed by atoms with van der Waals surface area (Å²) in [6, 6.07) is 0.742. The second-order valence-corrected chi connectivity index (χ2v) is 6.08. The second-order valence-electron chi connectivity index (χ2n) is 6.08. The molecule has 1 aliphatic carbocycles. The molecular formula is C15H27NO3. The Bertz CT molecular complexity index is 279. The van der Waals surface area contributed by atoms with Gasteiger partial charge in [-0.25, -0.2) is 0 Å². The molecule has 2 aliphatic rings. The second kappa shape index (κ2) is 7.25. The Morgan fingerprint density at radius 3 is 2.32 bits per heavy atom. The molecule has 4 heteroatoms. The van der Waals surface area contributed by atoms with Gasteiger partial charge in [-0.05, 0) is 64.0 Å². The number of nitrogens with zero attached hydrogens (tertiary/aromatic N) is 1. The van der Waals surface area contributed by atoms with Gasteiger partial charge in [0.25, 0.3) is 0 Å². The van der Waals surface area contributed by atoms with E-state index in [0.717, 1.165) is 25.6 Å². The van der Waals surface area contributed by atoms with Crippen molar-refractivity contribution < 1.29 is 14.6 Å². The molecular weight excluding hydrogens is 242 g/mol. The molecule has 1 heterocycles. The summed E-state index contributed by atoms with van der Waals surface area (Å²) in [4.78, 5) is 13.2. The Labute approximate surface area is 116 Å². The molecule has 0 unspecified atom stereocenters. The first kappa shape index (κ1) is 14.8. The quantitative estimate of drug-likeness (QED) is 0.833. The summed E-state index contributed by atoms with van der Waals surface area (Å²) in [5.74, 6) is -0.0250. The number of hydrogen-bond donors (Lipinski definition) is 1. The summed E-state index contributed by atoms with van der Waals surface area (Å²) in [5, 5.41) is 8.73. The minimum Gasteiger partial charge on any atom is -0.481 e. The molecule has 0 aromatic carbocycles. The molecule has 0 amide bonds. The van der Waals surface area contributed by atoms with Gasteiger partial charge in [0.05, 0.1) is 6.10 Å². The summed E-state index contributed by atoms with van der Waals surface area (Å²) in [6.07, 6.45) is 8.94. The first-order valence-electron chi connectivity index (χ1n) is 7.67. The molecule has 0 aromatic rings. The van der Waals surface area contributed by atoms with E-state index < -0.39 is 5.97 Å². The van der Waals surface area contributed by atoms with Gasteiger partial charge in [-0.15, -0.1) is 0 Å². The predicted molar refractivity (Wildman–Crippen MR) is 74.2 cm³/mol. The molecule has 0 bridgehead atoms. The summed E-state index contributed by atoms with van der Waals surface area (Å²) in [7, 11) is 1.82. The van der Waals surface area contributed by atoms with E-state index in [1.165, 1.54) is 38.5 Å². The molecule has 19 heavy (non-hydrogen) atoms. The van der Waals surface area contributed by atoms with E-state index in [0.29, 0.717) is 18.4 Å². The third-order valence-corrected chi connectivity index (χ3v) is 4.91. The molecule has 1 N–H and O–H groups in total.